The molecule has 20 heavy (non-hydrogen) atoms. The van der Waals surface area contributed by atoms with Gasteiger partial charge in [-0.15, -0.1) is 0 Å². The number of benzene rings is 2. The lowest BCUT2D eigenvalue weighted by atomic mass is 10.1. The standard InChI is InChI=1S/C16H17N3O/c1-11(2)16-17-15(18-19-16)10-20-14-8-7-12-5-3-4-6-13(12)9-14/h3-9,11H,10H2,1-2H3,(H,17,18,19). The lowest BCUT2D eigenvalue weighted by Crippen LogP contribution is -1.98. The first-order chi connectivity index (χ1) is 9.72. The molecule has 0 atom stereocenters. The first kappa shape index (κ1) is 12.7. The lowest BCUT2D eigenvalue weighted by molar-refractivity contribution is 0.296. The van der Waals surface area contributed by atoms with Crippen LogP contribution in [0, 0.1) is 0 Å². The molecule has 0 saturated carbocycles. The fraction of sp³-hybridized carbons (Fsp3) is 0.250. The summed E-state index contributed by atoms with van der Waals surface area (Å²) >= 11 is 0. The number of fused-ring (bicyclic) bond motifs is 1. The number of H-pyrrole nitrogens is 1. The molecule has 1 heterocycles. The van der Waals surface area contributed by atoms with Crippen molar-refractivity contribution in [2.45, 2.75) is 26.4 Å². The van der Waals surface area contributed by atoms with E-state index in [-0.39, 0.29) is 0 Å². The van der Waals surface area contributed by atoms with Crippen molar-refractivity contribution in [3.8, 4) is 5.75 Å². The van der Waals surface area contributed by atoms with Crippen molar-refractivity contribution in [1.82, 2.24) is 15.2 Å². The van der Waals surface area contributed by atoms with Crippen LogP contribution in [0.15, 0.2) is 42.5 Å². The van der Waals surface area contributed by atoms with Gasteiger partial charge in [0.1, 0.15) is 12.4 Å². The van der Waals surface area contributed by atoms with Gasteiger partial charge >= 0.3 is 0 Å². The summed E-state index contributed by atoms with van der Waals surface area (Å²) in [6.45, 7) is 4.53. The molecule has 0 aliphatic rings. The minimum absolute atomic E-state index is 0.320. The number of rotatable bonds is 4. The van der Waals surface area contributed by atoms with E-state index in [1.165, 1.54) is 10.8 Å². The van der Waals surface area contributed by atoms with Crippen molar-refractivity contribution < 1.29 is 4.74 Å². The van der Waals surface area contributed by atoms with Crippen LogP contribution in [-0.4, -0.2) is 15.2 Å². The van der Waals surface area contributed by atoms with E-state index in [1.54, 1.807) is 0 Å². The van der Waals surface area contributed by atoms with E-state index >= 15 is 0 Å². The van der Waals surface area contributed by atoms with E-state index in [9.17, 15) is 0 Å². The maximum atomic E-state index is 5.76. The summed E-state index contributed by atoms with van der Waals surface area (Å²) in [6.07, 6.45) is 0. The Morgan fingerprint density at radius 2 is 1.90 bits per heavy atom. The summed E-state index contributed by atoms with van der Waals surface area (Å²) in [5.74, 6) is 2.73. The van der Waals surface area contributed by atoms with E-state index in [4.69, 9.17) is 4.74 Å². The van der Waals surface area contributed by atoms with E-state index in [2.05, 4.69) is 47.2 Å². The second-order valence-electron chi connectivity index (χ2n) is 5.09. The molecule has 0 aliphatic heterocycles. The van der Waals surface area contributed by atoms with Crippen LogP contribution < -0.4 is 4.74 Å². The number of hydrogen-bond acceptors (Lipinski definition) is 3. The Balaban J connectivity index is 1.72. The summed E-state index contributed by atoms with van der Waals surface area (Å²) in [5.41, 5.74) is 0. The zero-order valence-corrected chi connectivity index (χ0v) is 11.6. The molecule has 2 aromatic carbocycles. The monoisotopic (exact) mass is 267 g/mol. The Morgan fingerprint density at radius 1 is 1.10 bits per heavy atom. The molecule has 102 valence electrons. The van der Waals surface area contributed by atoms with Gasteiger partial charge in [0.05, 0.1) is 0 Å². The van der Waals surface area contributed by atoms with Crippen LogP contribution in [0.25, 0.3) is 10.8 Å². The van der Waals surface area contributed by atoms with Crippen LogP contribution in [-0.2, 0) is 6.61 Å². The van der Waals surface area contributed by atoms with Gasteiger partial charge in [-0.05, 0) is 22.9 Å². The molecule has 0 aliphatic carbocycles. The van der Waals surface area contributed by atoms with Gasteiger partial charge in [-0.25, -0.2) is 4.98 Å². The van der Waals surface area contributed by atoms with Crippen molar-refractivity contribution >= 4 is 10.8 Å². The van der Waals surface area contributed by atoms with E-state index in [1.807, 2.05) is 24.3 Å². The molecule has 3 rings (SSSR count). The summed E-state index contributed by atoms with van der Waals surface area (Å²) in [5, 5.41) is 9.45. The topological polar surface area (TPSA) is 50.8 Å². The Hall–Kier alpha value is -2.36. The number of aromatic nitrogens is 3. The molecule has 0 bridgehead atoms. The van der Waals surface area contributed by atoms with Crippen LogP contribution in [0.5, 0.6) is 5.75 Å². The van der Waals surface area contributed by atoms with E-state index in [0.717, 1.165) is 17.4 Å². The average molecular weight is 267 g/mol. The largest absolute Gasteiger partial charge is 0.486 e. The Bertz CT molecular complexity index is 718. The van der Waals surface area contributed by atoms with Crippen molar-refractivity contribution in [1.29, 1.82) is 0 Å². The number of aromatic amines is 1. The summed E-state index contributed by atoms with van der Waals surface area (Å²) in [4.78, 5) is 4.40. The maximum Gasteiger partial charge on any atom is 0.162 e. The van der Waals surface area contributed by atoms with Crippen LogP contribution in [0.3, 0.4) is 0 Å². The van der Waals surface area contributed by atoms with Gasteiger partial charge < -0.3 is 4.74 Å². The second-order valence-corrected chi connectivity index (χ2v) is 5.09. The van der Waals surface area contributed by atoms with Crippen molar-refractivity contribution in [2.75, 3.05) is 0 Å². The number of hydrogen-bond donors (Lipinski definition) is 1. The van der Waals surface area contributed by atoms with Gasteiger partial charge in [0.15, 0.2) is 11.6 Å². The highest BCUT2D eigenvalue weighted by Gasteiger charge is 2.07. The molecule has 0 saturated heterocycles. The van der Waals surface area contributed by atoms with Crippen LogP contribution in [0.4, 0.5) is 0 Å². The molecule has 0 unspecified atom stereocenters. The molecule has 0 spiro atoms. The number of ether oxygens (including phenoxy) is 1. The highest BCUT2D eigenvalue weighted by Crippen LogP contribution is 2.21. The first-order valence-corrected chi connectivity index (χ1v) is 6.75. The molecule has 0 radical (unpaired) electrons. The maximum absolute atomic E-state index is 5.76. The predicted octanol–water partition coefficient (Wildman–Crippen LogP) is 3.66. The molecule has 0 amide bonds. The first-order valence-electron chi connectivity index (χ1n) is 6.75. The highest BCUT2D eigenvalue weighted by molar-refractivity contribution is 5.83. The lowest BCUT2D eigenvalue weighted by Gasteiger charge is -2.05. The summed E-state index contributed by atoms with van der Waals surface area (Å²) < 4.78 is 5.76. The Kier molecular flexibility index (Phi) is 3.37. The van der Waals surface area contributed by atoms with Gasteiger partial charge in [0, 0.05) is 5.92 Å². The quantitative estimate of drug-likeness (QED) is 0.784. The van der Waals surface area contributed by atoms with Gasteiger partial charge in [-0.2, -0.15) is 5.10 Å². The van der Waals surface area contributed by atoms with Crippen molar-refractivity contribution in [3.63, 3.8) is 0 Å². The van der Waals surface area contributed by atoms with Crippen LogP contribution >= 0.6 is 0 Å². The predicted molar refractivity (Wildman–Crippen MR) is 78.8 cm³/mol. The smallest absolute Gasteiger partial charge is 0.162 e. The molecular formula is C16H17N3O. The molecule has 3 aromatic rings. The van der Waals surface area contributed by atoms with Crippen LogP contribution in [0.2, 0.25) is 0 Å². The van der Waals surface area contributed by atoms with E-state index in [0.29, 0.717) is 12.5 Å². The normalized spacial score (nSPS) is 11.2. The molecule has 4 nitrogen and oxygen atoms in total. The molecule has 0 fully saturated rings. The fourth-order valence-electron chi connectivity index (χ4n) is 2.04. The highest BCUT2D eigenvalue weighted by atomic mass is 16.5. The SMILES string of the molecule is CC(C)c1n[nH]c(COc2ccc3ccccc3c2)n1. The molecular weight excluding hydrogens is 250 g/mol. The number of nitrogens with one attached hydrogen (secondary N) is 1. The van der Waals surface area contributed by atoms with E-state index < -0.39 is 0 Å². The van der Waals surface area contributed by atoms with Gasteiger partial charge in [0.25, 0.3) is 0 Å². The van der Waals surface area contributed by atoms with Crippen molar-refractivity contribution in [3.05, 3.63) is 54.1 Å². The molecule has 4 heteroatoms. The molecule has 1 aromatic heterocycles. The minimum atomic E-state index is 0.320. The average Bonchev–Trinajstić information content (AvgIpc) is 2.94. The number of nitrogens with zero attached hydrogens (tertiary/aromatic N) is 2. The second kappa shape index (κ2) is 5.33. The third kappa shape index (κ3) is 2.64. The Morgan fingerprint density at radius 3 is 2.65 bits per heavy atom. The van der Waals surface area contributed by atoms with Gasteiger partial charge in [-0.3, -0.25) is 5.10 Å². The van der Waals surface area contributed by atoms with Crippen molar-refractivity contribution in [2.24, 2.45) is 0 Å². The fourth-order valence-corrected chi connectivity index (χ4v) is 2.04. The van der Waals surface area contributed by atoms with Gasteiger partial charge in [-0.1, -0.05) is 44.2 Å². The Labute approximate surface area is 117 Å². The zero-order chi connectivity index (χ0) is 13.9. The zero-order valence-electron chi connectivity index (χ0n) is 11.6. The third-order valence-electron chi connectivity index (χ3n) is 3.16. The van der Waals surface area contributed by atoms with Crippen LogP contribution in [0.1, 0.15) is 31.4 Å². The third-order valence-corrected chi connectivity index (χ3v) is 3.16. The summed E-state index contributed by atoms with van der Waals surface area (Å²) in [6, 6.07) is 14.3. The molecule has 1 N–H and O–H groups in total. The van der Waals surface area contributed by atoms with Gasteiger partial charge in [0.2, 0.25) is 0 Å². The summed E-state index contributed by atoms with van der Waals surface area (Å²) in [7, 11) is 0. The minimum Gasteiger partial charge on any atom is -0.486 e.